The Morgan fingerprint density at radius 3 is 1.33 bits per heavy atom. The fourth-order valence-electron chi connectivity index (χ4n) is 0. The van der Waals surface area contributed by atoms with Crippen LogP contribution in [0.25, 0.3) is 0 Å². The molecule has 6 heavy (non-hydrogen) atoms. The average Bonchev–Trinajstić information content (AvgIpc) is 1.36. The van der Waals surface area contributed by atoms with Gasteiger partial charge in [0, 0.05) is 0 Å². The van der Waals surface area contributed by atoms with Crippen LogP contribution in [0.3, 0.4) is 0 Å². The Hall–Kier alpha value is -1.06. The van der Waals surface area contributed by atoms with Gasteiger partial charge < -0.3 is 11.5 Å². The molecule has 2 amide bonds. The van der Waals surface area contributed by atoms with Gasteiger partial charge in [0.05, 0.1) is 0 Å². The van der Waals surface area contributed by atoms with Crippen LogP contribution in [0.1, 0.15) is 1.43 Å². The molecule has 4 heteroatoms. The Morgan fingerprint density at radius 1 is 1.17 bits per heavy atom. The molecular weight excluding hydrogens is 84.0 g/mol. The number of amides is 2. The molecule has 34 valence electrons. The zero-order valence-electron chi connectivity index (χ0n) is 3.97. The Kier molecular flexibility index (Phi) is 1.15. The number of carbonyl (C=O) groups is 2. The van der Waals surface area contributed by atoms with E-state index in [1.807, 2.05) is 0 Å². The number of hydrogen-bond donors (Lipinski definition) is 2. The molecule has 0 spiro atoms. The highest BCUT2D eigenvalue weighted by atomic mass is 16.2. The molecule has 0 aromatic rings. The summed E-state index contributed by atoms with van der Waals surface area (Å²) in [6.07, 6.45) is 0. The van der Waals surface area contributed by atoms with Gasteiger partial charge in [-0.1, -0.05) is 0 Å². The fourth-order valence-corrected chi connectivity index (χ4v) is 0. The maximum Gasteiger partial charge on any atom is 1.00 e. The minimum absolute atomic E-state index is 0. The van der Waals surface area contributed by atoms with Crippen molar-refractivity contribution in [3.8, 4) is 0 Å². The first-order valence-corrected chi connectivity index (χ1v) is 1.24. The standard InChI is InChI=1S/C2H4N2O2/c3-1(5)2(4)6/h(H2,3,5)(H2,4,6)/p+1. The van der Waals surface area contributed by atoms with E-state index < -0.39 is 11.8 Å². The summed E-state index contributed by atoms with van der Waals surface area (Å²) in [7, 11) is 0. The van der Waals surface area contributed by atoms with E-state index in [1.165, 1.54) is 0 Å². The molecule has 0 rings (SSSR count). The summed E-state index contributed by atoms with van der Waals surface area (Å²) in [6, 6.07) is 0. The number of primary amides is 2. The van der Waals surface area contributed by atoms with Crippen LogP contribution in [0.15, 0.2) is 0 Å². The lowest BCUT2D eigenvalue weighted by atomic mass is 10.6. The summed E-state index contributed by atoms with van der Waals surface area (Å²) in [6.45, 7) is 0. The zero-order chi connectivity index (χ0) is 5.15. The number of rotatable bonds is 0. The second kappa shape index (κ2) is 1.40. The van der Waals surface area contributed by atoms with E-state index in [0.29, 0.717) is 0 Å². The van der Waals surface area contributed by atoms with Gasteiger partial charge in [-0.25, -0.2) is 0 Å². The van der Waals surface area contributed by atoms with Gasteiger partial charge in [-0.2, -0.15) is 0 Å². The summed E-state index contributed by atoms with van der Waals surface area (Å²) in [5, 5.41) is 0. The third-order valence-corrected chi connectivity index (χ3v) is 0.243. The lowest BCUT2D eigenvalue weighted by molar-refractivity contribution is -0.135. The summed E-state index contributed by atoms with van der Waals surface area (Å²) in [4.78, 5) is 18.9. The molecule has 0 aliphatic rings. The van der Waals surface area contributed by atoms with E-state index in [0.717, 1.165) is 0 Å². The van der Waals surface area contributed by atoms with E-state index in [2.05, 4.69) is 11.5 Å². The Bertz CT molecular complexity index is 79.7. The second-order valence-corrected chi connectivity index (χ2v) is 0.729. The van der Waals surface area contributed by atoms with Crippen LogP contribution < -0.4 is 11.5 Å². The van der Waals surface area contributed by atoms with Crippen LogP contribution in [0.5, 0.6) is 0 Å². The topological polar surface area (TPSA) is 86.2 Å². The van der Waals surface area contributed by atoms with Gasteiger partial charge in [0.25, 0.3) is 0 Å². The van der Waals surface area contributed by atoms with Gasteiger partial charge >= 0.3 is 13.2 Å². The highest BCUT2D eigenvalue weighted by Gasteiger charge is 1.96. The van der Waals surface area contributed by atoms with Crippen molar-refractivity contribution in [2.75, 3.05) is 0 Å². The Balaban J connectivity index is 0. The van der Waals surface area contributed by atoms with Gasteiger partial charge in [0.1, 0.15) is 0 Å². The first kappa shape index (κ1) is 4.94. The van der Waals surface area contributed by atoms with E-state index >= 15 is 0 Å². The lowest BCUT2D eigenvalue weighted by Crippen LogP contribution is -2.29. The Labute approximate surface area is 35.6 Å². The molecule has 0 fully saturated rings. The first-order valence-electron chi connectivity index (χ1n) is 1.24. The minimum atomic E-state index is -1.10. The summed E-state index contributed by atoms with van der Waals surface area (Å²) in [5.41, 5.74) is 8.64. The van der Waals surface area contributed by atoms with Crippen molar-refractivity contribution >= 4 is 11.8 Å². The van der Waals surface area contributed by atoms with Crippen LogP contribution in [-0.2, 0) is 9.59 Å². The highest BCUT2D eigenvalue weighted by molar-refractivity contribution is 6.33. The molecule has 0 atom stereocenters. The van der Waals surface area contributed by atoms with E-state index in [1.54, 1.807) is 0 Å². The van der Waals surface area contributed by atoms with Gasteiger partial charge in [-0.3, -0.25) is 9.59 Å². The lowest BCUT2D eigenvalue weighted by Gasteiger charge is -1.75. The molecule has 0 aliphatic carbocycles. The van der Waals surface area contributed by atoms with Crippen LogP contribution in [0, 0.1) is 0 Å². The van der Waals surface area contributed by atoms with Crippen molar-refractivity contribution < 1.29 is 11.0 Å². The van der Waals surface area contributed by atoms with Crippen molar-refractivity contribution in [1.29, 1.82) is 0 Å². The van der Waals surface area contributed by atoms with Gasteiger partial charge in [-0.05, 0) is 0 Å². The normalized spacial score (nSPS) is 7.33. The Morgan fingerprint density at radius 2 is 1.33 bits per heavy atom. The van der Waals surface area contributed by atoms with E-state index in [4.69, 9.17) is 0 Å². The van der Waals surface area contributed by atoms with Crippen LogP contribution in [-0.4, -0.2) is 11.8 Å². The average molecular weight is 89.1 g/mol. The number of carbonyl (C=O) groups excluding carboxylic acids is 2. The molecular formula is C2H5N2O2+. The highest BCUT2D eigenvalue weighted by Crippen LogP contribution is 1.44. The monoisotopic (exact) mass is 89.0 g/mol. The largest absolute Gasteiger partial charge is 1.00 e. The molecule has 0 aliphatic heterocycles. The van der Waals surface area contributed by atoms with Crippen molar-refractivity contribution in [1.82, 2.24) is 0 Å². The van der Waals surface area contributed by atoms with Crippen LogP contribution >= 0.6 is 0 Å². The van der Waals surface area contributed by atoms with Crippen LogP contribution in [0.4, 0.5) is 0 Å². The molecule has 0 aromatic carbocycles. The molecule has 0 heterocycles. The summed E-state index contributed by atoms with van der Waals surface area (Å²) < 4.78 is 0. The molecule has 4 N–H and O–H groups in total. The molecule has 4 nitrogen and oxygen atoms in total. The molecule has 0 aromatic heterocycles. The molecule has 0 unspecified atom stereocenters. The molecule has 0 saturated carbocycles. The van der Waals surface area contributed by atoms with Gasteiger partial charge in [0.2, 0.25) is 0 Å². The molecule has 0 bridgehead atoms. The number of nitrogens with two attached hydrogens (primary N) is 2. The van der Waals surface area contributed by atoms with Gasteiger partial charge in [-0.15, -0.1) is 0 Å². The maximum atomic E-state index is 9.45. The summed E-state index contributed by atoms with van der Waals surface area (Å²) >= 11 is 0. The predicted molar refractivity (Wildman–Crippen MR) is 19.5 cm³/mol. The predicted octanol–water partition coefficient (Wildman–Crippen LogP) is -1.93. The smallest absolute Gasteiger partial charge is 0.361 e. The zero-order valence-corrected chi connectivity index (χ0v) is 2.97. The number of hydrogen-bond acceptors (Lipinski definition) is 2. The fraction of sp³-hybridized carbons (Fsp3) is 0. The molecule has 0 saturated heterocycles. The van der Waals surface area contributed by atoms with Crippen molar-refractivity contribution in [3.63, 3.8) is 0 Å². The summed E-state index contributed by atoms with van der Waals surface area (Å²) in [5.74, 6) is -2.20. The first-order chi connectivity index (χ1) is 2.64. The van der Waals surface area contributed by atoms with E-state index in [-0.39, 0.29) is 1.43 Å². The quantitative estimate of drug-likeness (QED) is 0.338. The third kappa shape index (κ3) is 1.28. The maximum absolute atomic E-state index is 9.45. The SMILES string of the molecule is NC(=O)C(N)=O.[H+]. The van der Waals surface area contributed by atoms with Crippen LogP contribution in [0.2, 0.25) is 0 Å². The van der Waals surface area contributed by atoms with Gasteiger partial charge in [0.15, 0.2) is 0 Å². The van der Waals surface area contributed by atoms with Crippen molar-refractivity contribution in [3.05, 3.63) is 0 Å². The minimum Gasteiger partial charge on any atom is -0.361 e. The second-order valence-electron chi connectivity index (χ2n) is 0.729. The van der Waals surface area contributed by atoms with Crippen molar-refractivity contribution in [2.24, 2.45) is 11.5 Å². The van der Waals surface area contributed by atoms with E-state index in [9.17, 15) is 9.59 Å². The molecule has 0 radical (unpaired) electrons. The van der Waals surface area contributed by atoms with Crippen molar-refractivity contribution in [2.45, 2.75) is 0 Å². The third-order valence-electron chi connectivity index (χ3n) is 0.243.